The topological polar surface area (TPSA) is 70.2 Å². The van der Waals surface area contributed by atoms with E-state index < -0.39 is 5.56 Å². The molecule has 5 heteroatoms. The minimum atomic E-state index is -0.396. The van der Waals surface area contributed by atoms with Crippen LogP contribution in [0.5, 0.6) is 0 Å². The van der Waals surface area contributed by atoms with Gasteiger partial charge in [-0.05, 0) is 36.5 Å². The maximum atomic E-state index is 12.8. The fraction of sp³-hybridized carbons (Fsp3) is 0.316. The summed E-state index contributed by atoms with van der Waals surface area (Å²) in [6, 6.07) is 9.53. The molecule has 0 saturated heterocycles. The molecular formula is C19H18N2O3. The third-order valence-corrected chi connectivity index (χ3v) is 4.90. The normalized spacial score (nSPS) is 16.5. The van der Waals surface area contributed by atoms with Crippen molar-refractivity contribution < 1.29 is 9.59 Å². The lowest BCUT2D eigenvalue weighted by Gasteiger charge is -2.29. The van der Waals surface area contributed by atoms with Crippen LogP contribution in [0.4, 0.5) is 0 Å². The molecule has 1 aromatic carbocycles. The van der Waals surface area contributed by atoms with Crippen molar-refractivity contribution in [1.82, 2.24) is 9.88 Å². The van der Waals surface area contributed by atoms with E-state index in [1.54, 1.807) is 4.90 Å². The van der Waals surface area contributed by atoms with Crippen LogP contribution in [0.1, 0.15) is 50.4 Å². The molecule has 1 amide bonds. The number of pyridine rings is 1. The number of rotatable bonds is 1. The van der Waals surface area contributed by atoms with Crippen molar-refractivity contribution in [2.45, 2.75) is 32.2 Å². The minimum absolute atomic E-state index is 0.00513. The second kappa shape index (κ2) is 5.74. The fourth-order valence-electron chi connectivity index (χ4n) is 3.57. The summed E-state index contributed by atoms with van der Waals surface area (Å²) in [6.45, 7) is 1.08. The number of Topliss-reactive ketones (excluding diaryl/α,β-unsaturated/α-hetero) is 1. The Morgan fingerprint density at radius 3 is 2.67 bits per heavy atom. The predicted molar refractivity (Wildman–Crippen MR) is 89.2 cm³/mol. The zero-order valence-corrected chi connectivity index (χ0v) is 13.3. The zero-order chi connectivity index (χ0) is 16.7. The van der Waals surface area contributed by atoms with Gasteiger partial charge in [0, 0.05) is 30.8 Å². The van der Waals surface area contributed by atoms with Gasteiger partial charge in [0.15, 0.2) is 5.78 Å². The number of H-pyrrole nitrogens is 1. The van der Waals surface area contributed by atoms with Crippen molar-refractivity contribution in [2.24, 2.45) is 0 Å². The monoisotopic (exact) mass is 322 g/mol. The Balaban J connectivity index is 1.67. The van der Waals surface area contributed by atoms with E-state index in [1.165, 1.54) is 11.6 Å². The van der Waals surface area contributed by atoms with Crippen LogP contribution in [0.3, 0.4) is 0 Å². The Morgan fingerprint density at radius 2 is 1.83 bits per heavy atom. The maximum Gasteiger partial charge on any atom is 0.261 e. The van der Waals surface area contributed by atoms with Crippen LogP contribution in [-0.2, 0) is 19.4 Å². The number of ketones is 1. The molecule has 122 valence electrons. The molecule has 2 aliphatic rings. The van der Waals surface area contributed by atoms with Crippen molar-refractivity contribution in [3.63, 3.8) is 0 Å². The Hall–Kier alpha value is -2.69. The van der Waals surface area contributed by atoms with Crippen LogP contribution >= 0.6 is 0 Å². The fourth-order valence-corrected chi connectivity index (χ4v) is 3.57. The average molecular weight is 322 g/mol. The van der Waals surface area contributed by atoms with Crippen LogP contribution in [0.15, 0.2) is 35.1 Å². The van der Waals surface area contributed by atoms with Gasteiger partial charge < -0.3 is 9.88 Å². The van der Waals surface area contributed by atoms with Gasteiger partial charge in [0.1, 0.15) is 5.56 Å². The van der Waals surface area contributed by atoms with E-state index in [-0.39, 0.29) is 17.3 Å². The number of benzene rings is 1. The Labute approximate surface area is 139 Å². The number of nitrogens with zero attached hydrogens (tertiary/aromatic N) is 1. The molecule has 0 radical (unpaired) electrons. The predicted octanol–water partition coefficient (Wildman–Crippen LogP) is 2.09. The molecule has 0 bridgehead atoms. The summed E-state index contributed by atoms with van der Waals surface area (Å²) in [5, 5.41) is 0. The van der Waals surface area contributed by atoms with Crippen LogP contribution in [0.25, 0.3) is 0 Å². The third-order valence-electron chi connectivity index (χ3n) is 4.90. The Kier molecular flexibility index (Phi) is 3.56. The number of aryl methyl sites for hydroxylation is 1. The highest BCUT2D eigenvalue weighted by Crippen LogP contribution is 2.22. The van der Waals surface area contributed by atoms with Gasteiger partial charge in [-0.3, -0.25) is 14.4 Å². The first-order chi connectivity index (χ1) is 11.6. The van der Waals surface area contributed by atoms with Crippen molar-refractivity contribution in [2.75, 3.05) is 6.54 Å². The van der Waals surface area contributed by atoms with Crippen molar-refractivity contribution in [3.05, 3.63) is 68.6 Å². The third kappa shape index (κ3) is 2.46. The van der Waals surface area contributed by atoms with Gasteiger partial charge in [-0.1, -0.05) is 24.3 Å². The van der Waals surface area contributed by atoms with Crippen LogP contribution in [-0.4, -0.2) is 28.1 Å². The number of hydrogen-bond donors (Lipinski definition) is 1. The molecule has 1 aromatic heterocycles. The van der Waals surface area contributed by atoms with Gasteiger partial charge in [-0.25, -0.2) is 0 Å². The number of nitrogens with one attached hydrogen (secondary N) is 1. The number of aromatic nitrogens is 1. The SMILES string of the molecule is O=C1CCCc2[nH]c(=O)c(C(=O)N3CCc4ccccc4C3)cc21. The molecule has 1 aliphatic heterocycles. The average Bonchev–Trinajstić information content (AvgIpc) is 2.60. The van der Waals surface area contributed by atoms with E-state index in [4.69, 9.17) is 0 Å². The highest BCUT2D eigenvalue weighted by atomic mass is 16.2. The van der Waals surface area contributed by atoms with Crippen LogP contribution in [0, 0.1) is 0 Å². The minimum Gasteiger partial charge on any atom is -0.334 e. The number of hydrogen-bond acceptors (Lipinski definition) is 3. The first-order valence-electron chi connectivity index (χ1n) is 8.29. The first-order valence-corrected chi connectivity index (χ1v) is 8.29. The van der Waals surface area contributed by atoms with Crippen molar-refractivity contribution in [1.29, 1.82) is 0 Å². The molecule has 1 aliphatic carbocycles. The molecule has 0 unspecified atom stereocenters. The molecule has 5 nitrogen and oxygen atoms in total. The maximum absolute atomic E-state index is 12.8. The summed E-state index contributed by atoms with van der Waals surface area (Å²) in [5.74, 6) is -0.294. The molecule has 2 aromatic rings. The molecule has 0 fully saturated rings. The van der Waals surface area contributed by atoms with Gasteiger partial charge in [0.2, 0.25) is 0 Å². The lowest BCUT2D eigenvalue weighted by Crippen LogP contribution is -2.39. The van der Waals surface area contributed by atoms with Gasteiger partial charge in [0.25, 0.3) is 11.5 Å². The molecule has 0 atom stereocenters. The molecule has 1 N–H and O–H groups in total. The van der Waals surface area contributed by atoms with Crippen molar-refractivity contribution >= 4 is 11.7 Å². The van der Waals surface area contributed by atoms with Gasteiger partial charge in [0.05, 0.1) is 0 Å². The molecule has 0 saturated carbocycles. The first kappa shape index (κ1) is 14.9. The largest absolute Gasteiger partial charge is 0.334 e. The van der Waals surface area contributed by atoms with Gasteiger partial charge in [-0.15, -0.1) is 0 Å². The second-order valence-corrected chi connectivity index (χ2v) is 6.43. The lowest BCUT2D eigenvalue weighted by molar-refractivity contribution is 0.0733. The zero-order valence-electron chi connectivity index (χ0n) is 13.3. The molecule has 4 rings (SSSR count). The summed E-state index contributed by atoms with van der Waals surface area (Å²) in [4.78, 5) is 41.6. The number of aromatic amines is 1. The van der Waals surface area contributed by atoms with Gasteiger partial charge in [-0.2, -0.15) is 0 Å². The van der Waals surface area contributed by atoms with E-state index in [1.807, 2.05) is 18.2 Å². The summed E-state index contributed by atoms with van der Waals surface area (Å²) in [5.41, 5.74) is 3.20. The van der Waals surface area contributed by atoms with E-state index in [0.29, 0.717) is 37.2 Å². The molecule has 0 spiro atoms. The summed E-state index contributed by atoms with van der Waals surface area (Å²) in [7, 11) is 0. The van der Waals surface area contributed by atoms with Crippen LogP contribution < -0.4 is 5.56 Å². The number of amides is 1. The van der Waals surface area contributed by atoms with E-state index >= 15 is 0 Å². The number of carbonyl (C=O) groups excluding carboxylic acids is 2. The lowest BCUT2D eigenvalue weighted by atomic mass is 9.93. The highest BCUT2D eigenvalue weighted by Gasteiger charge is 2.26. The van der Waals surface area contributed by atoms with E-state index in [9.17, 15) is 14.4 Å². The van der Waals surface area contributed by atoms with E-state index in [2.05, 4.69) is 11.1 Å². The van der Waals surface area contributed by atoms with Crippen LogP contribution in [0.2, 0.25) is 0 Å². The molecule has 2 heterocycles. The Bertz CT molecular complexity index is 898. The summed E-state index contributed by atoms with van der Waals surface area (Å²) in [6.07, 6.45) is 2.69. The van der Waals surface area contributed by atoms with Gasteiger partial charge >= 0.3 is 0 Å². The quantitative estimate of drug-likeness (QED) is 0.874. The van der Waals surface area contributed by atoms with Crippen molar-refractivity contribution in [3.8, 4) is 0 Å². The molecular weight excluding hydrogens is 304 g/mol. The smallest absolute Gasteiger partial charge is 0.261 e. The number of fused-ring (bicyclic) bond motifs is 2. The summed E-state index contributed by atoms with van der Waals surface area (Å²) < 4.78 is 0. The summed E-state index contributed by atoms with van der Waals surface area (Å²) >= 11 is 0. The standard InChI is InChI=1S/C19H18N2O3/c22-17-7-3-6-16-14(17)10-15(18(23)20-16)19(24)21-9-8-12-4-1-2-5-13(12)11-21/h1-2,4-5,10H,3,6-9,11H2,(H,20,23). The highest BCUT2D eigenvalue weighted by molar-refractivity contribution is 6.01. The molecule has 24 heavy (non-hydrogen) atoms. The Morgan fingerprint density at radius 1 is 1.04 bits per heavy atom. The number of carbonyl (C=O) groups is 2. The van der Waals surface area contributed by atoms with E-state index in [0.717, 1.165) is 18.4 Å². The second-order valence-electron chi connectivity index (χ2n) is 6.43.